The van der Waals surface area contributed by atoms with E-state index in [1.807, 2.05) is 0 Å². The Morgan fingerprint density at radius 1 is 0.800 bits per heavy atom. The topological polar surface area (TPSA) is 74.2 Å². The van der Waals surface area contributed by atoms with Crippen LogP contribution in [0.4, 0.5) is 17.6 Å². The van der Waals surface area contributed by atoms with Gasteiger partial charge in [-0.3, -0.25) is 0 Å². The molecule has 2 aliphatic rings. The summed E-state index contributed by atoms with van der Waals surface area (Å²) in [7, 11) is 7.36. The Labute approximate surface area is 183 Å². The van der Waals surface area contributed by atoms with Gasteiger partial charge in [0.05, 0.1) is 6.61 Å². The van der Waals surface area contributed by atoms with Crippen LogP contribution in [0.15, 0.2) is 36.4 Å². The number of hydrogen-bond acceptors (Lipinski definition) is 6. The molecule has 0 saturated carbocycles. The molecule has 0 radical (unpaired) electrons. The number of fused-ring (bicyclic) bond motifs is 2. The normalized spacial score (nSPS) is 16.3. The van der Waals surface area contributed by atoms with Crippen molar-refractivity contribution < 1.29 is 45.8 Å². The second kappa shape index (κ2) is 10.1. The molecule has 0 fully saturated rings. The van der Waals surface area contributed by atoms with Crippen LogP contribution in [0.2, 0.25) is 0 Å². The van der Waals surface area contributed by atoms with Gasteiger partial charge in [-0.2, -0.15) is 0 Å². The van der Waals surface area contributed by atoms with E-state index in [4.69, 9.17) is 20.9 Å². The van der Waals surface area contributed by atoms with Gasteiger partial charge in [0.2, 0.25) is 9.23 Å². The van der Waals surface area contributed by atoms with Crippen molar-refractivity contribution in [3.8, 4) is 23.0 Å². The van der Waals surface area contributed by atoms with Gasteiger partial charge in [0.25, 0.3) is 0 Å². The SMILES string of the molecule is FC1(F)Oc2ccc(CCl)cc2O1.O=S(Cl)Cl.OCc1ccc2c(c1)OC(F)(F)O2. The number of aliphatic hydroxyl groups is 1. The number of alkyl halides is 5. The van der Waals surface area contributed by atoms with Crippen molar-refractivity contribution in [2.75, 3.05) is 0 Å². The van der Waals surface area contributed by atoms with Gasteiger partial charge in [-0.1, -0.05) is 12.1 Å². The highest BCUT2D eigenvalue weighted by molar-refractivity contribution is 8.26. The molecule has 2 aromatic rings. The molecule has 14 heteroatoms. The molecule has 2 aromatic carbocycles. The average Bonchev–Trinajstić information content (AvgIpc) is 3.12. The zero-order valence-corrected chi connectivity index (χ0v) is 17.5. The van der Waals surface area contributed by atoms with Crippen molar-refractivity contribution in [2.24, 2.45) is 0 Å². The van der Waals surface area contributed by atoms with E-state index in [2.05, 4.69) is 40.3 Å². The summed E-state index contributed by atoms with van der Waals surface area (Å²) in [5.41, 5.74) is 1.21. The Balaban J connectivity index is 0.000000182. The largest absolute Gasteiger partial charge is 0.586 e. The number of hydrogen-bond donors (Lipinski definition) is 1. The van der Waals surface area contributed by atoms with Gasteiger partial charge < -0.3 is 24.1 Å². The third kappa shape index (κ3) is 7.24. The molecule has 4 rings (SSSR count). The molecule has 0 unspecified atom stereocenters. The molecule has 166 valence electrons. The minimum atomic E-state index is -3.59. The molecule has 6 nitrogen and oxygen atoms in total. The predicted molar refractivity (Wildman–Crippen MR) is 101 cm³/mol. The summed E-state index contributed by atoms with van der Waals surface area (Å²) in [6.07, 6.45) is -7.14. The summed E-state index contributed by atoms with van der Waals surface area (Å²) >= 11 is 5.52. The van der Waals surface area contributed by atoms with Crippen LogP contribution in [-0.2, 0) is 21.7 Å². The maximum atomic E-state index is 12.5. The van der Waals surface area contributed by atoms with E-state index in [9.17, 15) is 17.6 Å². The first kappa shape index (κ1) is 24.6. The van der Waals surface area contributed by atoms with Gasteiger partial charge in [0, 0.05) is 27.2 Å². The van der Waals surface area contributed by atoms with Crippen LogP contribution in [0.5, 0.6) is 23.0 Å². The summed E-state index contributed by atoms with van der Waals surface area (Å²) in [6.45, 7) is -0.220. The van der Waals surface area contributed by atoms with E-state index in [1.54, 1.807) is 6.07 Å². The monoisotopic (exact) mass is 512 g/mol. The van der Waals surface area contributed by atoms with E-state index in [0.717, 1.165) is 0 Å². The molecular formula is C16H11Cl3F4O6S. The van der Waals surface area contributed by atoms with E-state index in [0.29, 0.717) is 11.1 Å². The highest BCUT2D eigenvalue weighted by Crippen LogP contribution is 2.42. The average molecular weight is 514 g/mol. The molecule has 1 N–H and O–H groups in total. The van der Waals surface area contributed by atoms with Gasteiger partial charge in [0.15, 0.2) is 23.0 Å². The molecule has 0 atom stereocenters. The van der Waals surface area contributed by atoms with Crippen molar-refractivity contribution in [2.45, 2.75) is 25.1 Å². The molecule has 0 aliphatic carbocycles. The summed E-state index contributed by atoms with van der Waals surface area (Å²) in [4.78, 5) is 0. The van der Waals surface area contributed by atoms with Crippen molar-refractivity contribution in [3.63, 3.8) is 0 Å². The fourth-order valence-corrected chi connectivity index (χ4v) is 2.33. The quantitative estimate of drug-likeness (QED) is 0.334. The minimum Gasteiger partial charge on any atom is -0.395 e. The van der Waals surface area contributed by atoms with Crippen molar-refractivity contribution in [3.05, 3.63) is 47.5 Å². The zero-order valence-electron chi connectivity index (χ0n) is 14.4. The highest BCUT2D eigenvalue weighted by atomic mass is 36.0. The molecule has 0 aromatic heterocycles. The lowest BCUT2D eigenvalue weighted by atomic mass is 10.2. The summed E-state index contributed by atoms with van der Waals surface area (Å²) in [5.74, 6) is 0.267. The molecule has 0 amide bonds. The van der Waals surface area contributed by atoms with Gasteiger partial charge in [-0.15, -0.1) is 29.2 Å². The standard InChI is InChI=1S/C8H5ClF2O2.C8H6F2O3.Cl2OS/c9-4-5-1-2-6-7(3-5)13-8(10,11)12-6;9-8(10)12-6-2-1-5(4-11)3-7(6)13-8;1-4(2)3/h1-3H,4H2;1-3,11H,4H2;. The van der Waals surface area contributed by atoms with Crippen LogP contribution in [-0.4, -0.2) is 21.9 Å². The Morgan fingerprint density at radius 3 is 1.57 bits per heavy atom. The van der Waals surface area contributed by atoms with Gasteiger partial charge >= 0.3 is 12.6 Å². The van der Waals surface area contributed by atoms with E-state index in [-0.39, 0.29) is 35.5 Å². The molecule has 0 spiro atoms. The van der Waals surface area contributed by atoms with E-state index >= 15 is 0 Å². The third-order valence-corrected chi connectivity index (χ3v) is 3.58. The number of halogens is 7. The first-order valence-electron chi connectivity index (χ1n) is 7.63. The molecular weight excluding hydrogens is 503 g/mol. The number of aliphatic hydroxyl groups excluding tert-OH is 1. The van der Waals surface area contributed by atoms with Gasteiger partial charge in [0.1, 0.15) is 0 Å². The number of benzene rings is 2. The van der Waals surface area contributed by atoms with Crippen LogP contribution in [0, 0.1) is 0 Å². The van der Waals surface area contributed by atoms with Gasteiger partial charge in [-0.25, -0.2) is 4.21 Å². The first-order chi connectivity index (χ1) is 13.9. The van der Waals surface area contributed by atoms with Gasteiger partial charge in [-0.05, 0) is 35.4 Å². The van der Waals surface area contributed by atoms with Crippen LogP contribution < -0.4 is 18.9 Å². The first-order valence-corrected chi connectivity index (χ1v) is 11.0. The van der Waals surface area contributed by atoms with Crippen LogP contribution >= 0.6 is 33.0 Å². The predicted octanol–water partition coefficient (Wildman–Crippen LogP) is 5.29. The lowest BCUT2D eigenvalue weighted by Crippen LogP contribution is -2.25. The van der Waals surface area contributed by atoms with Crippen molar-refractivity contribution >= 4 is 42.2 Å². The Bertz CT molecular complexity index is 847. The van der Waals surface area contributed by atoms with Crippen LogP contribution in [0.3, 0.4) is 0 Å². The molecule has 2 aliphatic heterocycles. The molecule has 30 heavy (non-hydrogen) atoms. The zero-order chi connectivity index (χ0) is 22.5. The van der Waals surface area contributed by atoms with Crippen LogP contribution in [0.25, 0.3) is 0 Å². The fraction of sp³-hybridized carbons (Fsp3) is 0.250. The lowest BCUT2D eigenvalue weighted by molar-refractivity contribution is -0.287. The fourth-order valence-electron chi connectivity index (χ4n) is 2.17. The Hall–Kier alpha value is -1.66. The number of rotatable bonds is 2. The lowest BCUT2D eigenvalue weighted by Gasteiger charge is -2.04. The summed E-state index contributed by atoms with van der Waals surface area (Å²) in [6, 6.07) is 8.59. The Kier molecular flexibility index (Phi) is 8.28. The molecule has 2 heterocycles. The molecule has 0 bridgehead atoms. The third-order valence-electron chi connectivity index (χ3n) is 3.27. The van der Waals surface area contributed by atoms with E-state index < -0.39 is 21.8 Å². The minimum absolute atomic E-state index is 0.0119. The highest BCUT2D eigenvalue weighted by Gasteiger charge is 2.44. The van der Waals surface area contributed by atoms with E-state index in [1.165, 1.54) is 30.3 Å². The number of ether oxygens (including phenoxy) is 4. The maximum absolute atomic E-state index is 12.5. The van der Waals surface area contributed by atoms with Crippen molar-refractivity contribution in [1.82, 2.24) is 0 Å². The summed E-state index contributed by atoms with van der Waals surface area (Å²) in [5, 5.41) is 8.72. The second-order valence-electron chi connectivity index (χ2n) is 5.37. The summed E-state index contributed by atoms with van der Waals surface area (Å²) < 4.78 is 75.8. The van der Waals surface area contributed by atoms with Crippen LogP contribution in [0.1, 0.15) is 11.1 Å². The smallest absolute Gasteiger partial charge is 0.395 e. The second-order valence-corrected chi connectivity index (χ2v) is 8.16. The Morgan fingerprint density at radius 2 is 1.17 bits per heavy atom. The maximum Gasteiger partial charge on any atom is 0.586 e. The van der Waals surface area contributed by atoms with Crippen molar-refractivity contribution in [1.29, 1.82) is 0 Å². The molecule has 0 saturated heterocycles.